The van der Waals surface area contributed by atoms with Crippen LogP contribution in [-0.4, -0.2) is 17.4 Å². The average Bonchev–Trinajstić information content (AvgIpc) is 2.97. The predicted octanol–water partition coefficient (Wildman–Crippen LogP) is 1.80. The van der Waals surface area contributed by atoms with E-state index in [1.54, 1.807) is 0 Å². The number of hydrogen-bond acceptors (Lipinski definition) is 5. The second kappa shape index (κ2) is 6.33. The molecule has 1 fully saturated rings. The number of carbonyl (C=O) groups excluding carboxylic acids is 1. The number of amides is 1. The van der Waals surface area contributed by atoms with E-state index in [0.29, 0.717) is 12.5 Å². The van der Waals surface area contributed by atoms with Crippen LogP contribution in [0, 0.1) is 16.0 Å². The van der Waals surface area contributed by atoms with Gasteiger partial charge in [-0.05, 0) is 30.9 Å². The summed E-state index contributed by atoms with van der Waals surface area (Å²) < 4.78 is 0. The lowest BCUT2D eigenvalue weighted by atomic mass is 10.1. The van der Waals surface area contributed by atoms with Crippen molar-refractivity contribution in [2.45, 2.75) is 25.7 Å². The largest absolute Gasteiger partial charge is 0.352 e. The lowest BCUT2D eigenvalue weighted by Crippen LogP contribution is -2.28. The van der Waals surface area contributed by atoms with E-state index in [1.165, 1.54) is 31.0 Å². The van der Waals surface area contributed by atoms with Crippen LogP contribution >= 0.6 is 0 Å². The number of anilines is 1. The molecule has 1 aromatic carbocycles. The molecular weight excluding hydrogens is 260 g/mol. The highest BCUT2D eigenvalue weighted by atomic mass is 16.6. The number of nitro benzene ring substituents is 1. The summed E-state index contributed by atoms with van der Waals surface area (Å²) in [5.74, 6) is 5.44. The van der Waals surface area contributed by atoms with Gasteiger partial charge in [0.25, 0.3) is 11.6 Å². The average molecular weight is 278 g/mol. The van der Waals surface area contributed by atoms with Crippen molar-refractivity contribution >= 4 is 17.3 Å². The summed E-state index contributed by atoms with van der Waals surface area (Å²) >= 11 is 0. The first-order chi connectivity index (χ1) is 9.61. The van der Waals surface area contributed by atoms with Gasteiger partial charge < -0.3 is 10.7 Å². The fourth-order valence-electron chi connectivity index (χ4n) is 2.50. The minimum Gasteiger partial charge on any atom is -0.352 e. The Labute approximate surface area is 116 Å². The van der Waals surface area contributed by atoms with Crippen LogP contribution in [0.5, 0.6) is 0 Å². The Morgan fingerprint density at radius 2 is 2.10 bits per heavy atom. The number of nitrogens with one attached hydrogen (secondary N) is 2. The summed E-state index contributed by atoms with van der Waals surface area (Å²) in [6.45, 7) is 0.628. The van der Waals surface area contributed by atoms with Gasteiger partial charge in [0.1, 0.15) is 5.69 Å². The minimum atomic E-state index is -0.567. The van der Waals surface area contributed by atoms with Gasteiger partial charge in [-0.15, -0.1) is 0 Å². The van der Waals surface area contributed by atoms with Gasteiger partial charge in [-0.2, -0.15) is 0 Å². The van der Waals surface area contributed by atoms with Crippen molar-refractivity contribution in [3.63, 3.8) is 0 Å². The van der Waals surface area contributed by atoms with E-state index in [0.717, 1.165) is 12.8 Å². The molecule has 0 unspecified atom stereocenters. The van der Waals surface area contributed by atoms with Crippen LogP contribution in [0.25, 0.3) is 0 Å². The number of nitro groups is 1. The maximum atomic E-state index is 12.0. The molecule has 0 saturated heterocycles. The van der Waals surface area contributed by atoms with Gasteiger partial charge in [-0.25, -0.2) is 0 Å². The number of hydrogen-bond donors (Lipinski definition) is 3. The molecule has 0 radical (unpaired) electrons. The van der Waals surface area contributed by atoms with Gasteiger partial charge in [0.15, 0.2) is 0 Å². The van der Waals surface area contributed by atoms with Crippen molar-refractivity contribution in [3.8, 4) is 0 Å². The first-order valence-electron chi connectivity index (χ1n) is 6.65. The van der Waals surface area contributed by atoms with Crippen molar-refractivity contribution < 1.29 is 9.72 Å². The first kappa shape index (κ1) is 14.3. The molecule has 0 bridgehead atoms. The van der Waals surface area contributed by atoms with Gasteiger partial charge in [0.2, 0.25) is 0 Å². The van der Waals surface area contributed by atoms with Crippen molar-refractivity contribution in [2.24, 2.45) is 11.8 Å². The molecule has 1 amide bonds. The molecule has 0 atom stereocenters. The molecule has 1 saturated carbocycles. The Kier molecular flexibility index (Phi) is 4.52. The number of benzene rings is 1. The molecule has 108 valence electrons. The molecule has 1 aromatic rings. The molecule has 1 aliphatic carbocycles. The van der Waals surface area contributed by atoms with Crippen LogP contribution in [0.15, 0.2) is 18.2 Å². The van der Waals surface area contributed by atoms with Gasteiger partial charge in [0, 0.05) is 18.2 Å². The van der Waals surface area contributed by atoms with Crippen molar-refractivity contribution in [1.82, 2.24) is 5.32 Å². The number of nitrogens with zero attached hydrogens (tertiary/aromatic N) is 1. The third-order valence-corrected chi connectivity index (χ3v) is 3.64. The maximum Gasteiger partial charge on any atom is 0.294 e. The van der Waals surface area contributed by atoms with Gasteiger partial charge in [-0.1, -0.05) is 12.8 Å². The van der Waals surface area contributed by atoms with E-state index in [-0.39, 0.29) is 22.8 Å². The first-order valence-corrected chi connectivity index (χ1v) is 6.65. The number of carbonyl (C=O) groups is 1. The van der Waals surface area contributed by atoms with Gasteiger partial charge >= 0.3 is 0 Å². The van der Waals surface area contributed by atoms with Crippen LogP contribution in [0.4, 0.5) is 11.4 Å². The summed E-state index contributed by atoms with van der Waals surface area (Å²) in [4.78, 5) is 22.3. The monoisotopic (exact) mass is 278 g/mol. The van der Waals surface area contributed by atoms with E-state index >= 15 is 0 Å². The van der Waals surface area contributed by atoms with Crippen LogP contribution in [-0.2, 0) is 0 Å². The topological polar surface area (TPSA) is 110 Å². The minimum absolute atomic E-state index is 0.183. The summed E-state index contributed by atoms with van der Waals surface area (Å²) in [6, 6.07) is 4.19. The molecule has 20 heavy (non-hydrogen) atoms. The molecule has 7 heteroatoms. The Balaban J connectivity index is 2.05. The lowest BCUT2D eigenvalue weighted by Gasteiger charge is -2.11. The second-order valence-electron chi connectivity index (χ2n) is 4.99. The summed E-state index contributed by atoms with van der Waals surface area (Å²) in [5.41, 5.74) is 2.49. The molecule has 0 heterocycles. The van der Waals surface area contributed by atoms with Crippen molar-refractivity contribution in [1.29, 1.82) is 0 Å². The number of rotatable bonds is 5. The lowest BCUT2D eigenvalue weighted by molar-refractivity contribution is -0.384. The highest BCUT2D eigenvalue weighted by Crippen LogP contribution is 2.25. The smallest absolute Gasteiger partial charge is 0.294 e. The van der Waals surface area contributed by atoms with Gasteiger partial charge in [-0.3, -0.25) is 20.8 Å². The van der Waals surface area contributed by atoms with E-state index in [4.69, 9.17) is 5.84 Å². The number of nitrogen functional groups attached to an aromatic ring is 1. The highest BCUT2D eigenvalue weighted by Gasteiger charge is 2.19. The molecule has 4 N–H and O–H groups in total. The highest BCUT2D eigenvalue weighted by molar-refractivity contribution is 5.95. The normalized spacial score (nSPS) is 15.1. The third kappa shape index (κ3) is 3.24. The van der Waals surface area contributed by atoms with Crippen LogP contribution < -0.4 is 16.6 Å². The maximum absolute atomic E-state index is 12.0. The fraction of sp³-hybridized carbons (Fsp3) is 0.462. The number of nitrogens with two attached hydrogens (primary N) is 1. The van der Waals surface area contributed by atoms with Crippen molar-refractivity contribution in [2.75, 3.05) is 12.0 Å². The summed E-state index contributed by atoms with van der Waals surface area (Å²) in [6.07, 6.45) is 4.69. The van der Waals surface area contributed by atoms with E-state index in [1.807, 2.05) is 0 Å². The summed E-state index contributed by atoms with van der Waals surface area (Å²) in [7, 11) is 0. The van der Waals surface area contributed by atoms with E-state index in [9.17, 15) is 14.9 Å². The Morgan fingerprint density at radius 3 is 2.70 bits per heavy atom. The standard InChI is InChI=1S/C13H18N4O3/c14-16-11-6-5-10(7-12(11)17(19)20)13(18)15-8-9-3-1-2-4-9/h5-7,9,16H,1-4,8,14H2,(H,15,18). The quantitative estimate of drug-likeness (QED) is 0.432. The molecular formula is C13H18N4O3. The Bertz CT molecular complexity index is 512. The van der Waals surface area contributed by atoms with Crippen LogP contribution in [0.1, 0.15) is 36.0 Å². The van der Waals surface area contributed by atoms with E-state index < -0.39 is 4.92 Å². The zero-order valence-corrected chi connectivity index (χ0v) is 11.1. The van der Waals surface area contributed by atoms with Gasteiger partial charge in [0.05, 0.1) is 4.92 Å². The molecule has 0 aliphatic heterocycles. The third-order valence-electron chi connectivity index (χ3n) is 3.64. The fourth-order valence-corrected chi connectivity index (χ4v) is 2.50. The summed E-state index contributed by atoms with van der Waals surface area (Å²) in [5, 5.41) is 13.7. The second-order valence-corrected chi connectivity index (χ2v) is 4.99. The Hall–Kier alpha value is -2.15. The molecule has 7 nitrogen and oxygen atoms in total. The zero-order valence-electron chi connectivity index (χ0n) is 11.1. The Morgan fingerprint density at radius 1 is 1.40 bits per heavy atom. The molecule has 0 aromatic heterocycles. The zero-order chi connectivity index (χ0) is 14.5. The van der Waals surface area contributed by atoms with Crippen molar-refractivity contribution in [3.05, 3.63) is 33.9 Å². The van der Waals surface area contributed by atoms with E-state index in [2.05, 4.69) is 10.7 Å². The molecule has 1 aliphatic rings. The predicted molar refractivity (Wildman–Crippen MR) is 75.2 cm³/mol. The SMILES string of the molecule is NNc1ccc(C(=O)NCC2CCCC2)cc1[N+](=O)[O-]. The van der Waals surface area contributed by atoms with Crippen LogP contribution in [0.3, 0.4) is 0 Å². The molecule has 0 spiro atoms. The number of hydrazine groups is 1. The van der Waals surface area contributed by atoms with Crippen LogP contribution in [0.2, 0.25) is 0 Å². The molecule has 2 rings (SSSR count).